The Balaban J connectivity index is 2.01. The number of amides is 1. The lowest BCUT2D eigenvalue weighted by molar-refractivity contribution is -0.116. The highest BCUT2D eigenvalue weighted by Gasteiger charge is 2.11. The van der Waals surface area contributed by atoms with Crippen LogP contribution in [0.5, 0.6) is 0 Å². The molecule has 0 aliphatic rings. The summed E-state index contributed by atoms with van der Waals surface area (Å²) in [6.07, 6.45) is 2.48. The molecule has 0 saturated carbocycles. The van der Waals surface area contributed by atoms with Gasteiger partial charge in [-0.15, -0.1) is 0 Å². The number of H-pyrrole nitrogens is 1. The Morgan fingerprint density at radius 2 is 2.12 bits per heavy atom. The zero-order valence-corrected chi connectivity index (χ0v) is 15.3. The van der Waals surface area contributed by atoms with Gasteiger partial charge >= 0.3 is 0 Å². The maximum atomic E-state index is 12.2. The third-order valence-electron chi connectivity index (χ3n) is 3.83. The quantitative estimate of drug-likeness (QED) is 0.621. The number of benzene rings is 1. The van der Waals surface area contributed by atoms with Crippen LogP contribution < -0.4 is 10.9 Å². The third-order valence-corrected chi connectivity index (χ3v) is 4.41. The largest absolute Gasteiger partial charge is 0.326 e. The van der Waals surface area contributed by atoms with Gasteiger partial charge in [0.25, 0.3) is 5.56 Å². The van der Waals surface area contributed by atoms with Gasteiger partial charge in [0, 0.05) is 23.4 Å². The average molecular weight is 345 g/mol. The molecule has 0 saturated heterocycles. The molecular weight excluding hydrogens is 322 g/mol. The van der Waals surface area contributed by atoms with Crippen molar-refractivity contribution in [1.29, 1.82) is 0 Å². The number of rotatable bonds is 6. The fourth-order valence-electron chi connectivity index (χ4n) is 2.41. The van der Waals surface area contributed by atoms with Crippen LogP contribution in [-0.4, -0.2) is 22.1 Å². The van der Waals surface area contributed by atoms with Gasteiger partial charge in [-0.2, -0.15) is 0 Å². The molecule has 128 valence electrons. The minimum atomic E-state index is -0.165. The first-order valence-electron chi connectivity index (χ1n) is 7.94. The van der Waals surface area contributed by atoms with Crippen LogP contribution in [0, 0.1) is 6.92 Å². The average Bonchev–Trinajstić information content (AvgIpc) is 2.54. The monoisotopic (exact) mass is 345 g/mol. The van der Waals surface area contributed by atoms with E-state index < -0.39 is 0 Å². The molecule has 1 heterocycles. The van der Waals surface area contributed by atoms with Crippen LogP contribution in [0.2, 0.25) is 0 Å². The van der Waals surface area contributed by atoms with Crippen LogP contribution >= 0.6 is 11.8 Å². The molecule has 24 heavy (non-hydrogen) atoms. The number of aromatic nitrogens is 2. The van der Waals surface area contributed by atoms with Gasteiger partial charge in [-0.3, -0.25) is 9.59 Å². The van der Waals surface area contributed by atoms with E-state index in [2.05, 4.69) is 29.1 Å². The van der Waals surface area contributed by atoms with E-state index in [1.54, 1.807) is 6.92 Å². The van der Waals surface area contributed by atoms with Crippen LogP contribution in [0.4, 0.5) is 5.69 Å². The lowest BCUT2D eigenvalue weighted by atomic mass is 10.0. The second-order valence-electron chi connectivity index (χ2n) is 5.97. The summed E-state index contributed by atoms with van der Waals surface area (Å²) in [5.74, 6) is 0.299. The molecule has 2 aromatic rings. The number of anilines is 1. The van der Waals surface area contributed by atoms with Crippen LogP contribution in [-0.2, 0) is 11.2 Å². The minimum absolute atomic E-state index is 0.108. The first kappa shape index (κ1) is 18.3. The number of aryl methyl sites for hydroxylation is 1. The molecule has 5 nitrogen and oxygen atoms in total. The van der Waals surface area contributed by atoms with Crippen molar-refractivity contribution in [3.05, 3.63) is 51.4 Å². The van der Waals surface area contributed by atoms with Crippen molar-refractivity contribution in [1.82, 2.24) is 9.97 Å². The van der Waals surface area contributed by atoms with Crippen molar-refractivity contribution in [2.45, 2.75) is 44.7 Å². The highest BCUT2D eigenvalue weighted by molar-refractivity contribution is 7.98. The number of carbonyl (C=O) groups excluding carboxylic acids is 1. The molecular formula is C18H23N3O2S. The van der Waals surface area contributed by atoms with Crippen molar-refractivity contribution >= 4 is 23.4 Å². The maximum absolute atomic E-state index is 12.2. The molecule has 0 aliphatic carbocycles. The Kier molecular flexibility index (Phi) is 6.20. The molecule has 1 aromatic heterocycles. The first-order valence-corrected chi connectivity index (χ1v) is 9.16. The molecule has 1 aromatic carbocycles. The predicted octanol–water partition coefficient (Wildman–Crippen LogP) is 3.49. The summed E-state index contributed by atoms with van der Waals surface area (Å²) in [6, 6.07) is 7.83. The van der Waals surface area contributed by atoms with E-state index in [9.17, 15) is 9.59 Å². The zero-order chi connectivity index (χ0) is 17.7. The van der Waals surface area contributed by atoms with Gasteiger partial charge in [-0.05, 0) is 43.2 Å². The van der Waals surface area contributed by atoms with E-state index in [-0.39, 0.29) is 17.9 Å². The highest BCUT2D eigenvalue weighted by Crippen LogP contribution is 2.18. The van der Waals surface area contributed by atoms with Gasteiger partial charge in [0.2, 0.25) is 5.91 Å². The molecule has 2 N–H and O–H groups in total. The molecule has 0 atom stereocenters. The van der Waals surface area contributed by atoms with E-state index >= 15 is 0 Å². The van der Waals surface area contributed by atoms with Gasteiger partial charge in [-0.25, -0.2) is 4.98 Å². The topological polar surface area (TPSA) is 74.8 Å². The highest BCUT2D eigenvalue weighted by atomic mass is 32.2. The molecule has 0 bridgehead atoms. The summed E-state index contributed by atoms with van der Waals surface area (Å²) >= 11 is 1.39. The van der Waals surface area contributed by atoms with Crippen molar-refractivity contribution in [3.8, 4) is 0 Å². The van der Waals surface area contributed by atoms with Crippen LogP contribution in [0.3, 0.4) is 0 Å². The Bertz CT molecular complexity index is 784. The number of aromatic amines is 1. The molecule has 0 fully saturated rings. The van der Waals surface area contributed by atoms with E-state index in [0.717, 1.165) is 5.69 Å². The van der Waals surface area contributed by atoms with Crippen molar-refractivity contribution < 1.29 is 4.79 Å². The van der Waals surface area contributed by atoms with E-state index in [1.165, 1.54) is 17.3 Å². The fraction of sp³-hybridized carbons (Fsp3) is 0.389. The number of hydrogen-bond donors (Lipinski definition) is 2. The third kappa shape index (κ3) is 4.71. The second-order valence-corrected chi connectivity index (χ2v) is 6.76. The van der Waals surface area contributed by atoms with Gasteiger partial charge in [0.05, 0.1) is 0 Å². The Morgan fingerprint density at radius 3 is 2.75 bits per heavy atom. The normalized spacial score (nSPS) is 10.9. The Labute approximate surface area is 146 Å². The molecule has 0 spiro atoms. The van der Waals surface area contributed by atoms with Crippen molar-refractivity contribution in [2.24, 2.45) is 0 Å². The van der Waals surface area contributed by atoms with Crippen LogP contribution in [0.15, 0.2) is 34.2 Å². The van der Waals surface area contributed by atoms with Gasteiger partial charge < -0.3 is 10.3 Å². The molecule has 2 rings (SSSR count). The molecule has 0 radical (unpaired) electrons. The van der Waals surface area contributed by atoms with Crippen molar-refractivity contribution in [3.63, 3.8) is 0 Å². The molecule has 0 aliphatic heterocycles. The predicted molar refractivity (Wildman–Crippen MR) is 98.9 cm³/mol. The number of hydrogen-bond acceptors (Lipinski definition) is 4. The van der Waals surface area contributed by atoms with E-state index in [4.69, 9.17) is 0 Å². The van der Waals surface area contributed by atoms with Crippen LogP contribution in [0.25, 0.3) is 0 Å². The number of nitrogens with zero attached hydrogens (tertiary/aromatic N) is 1. The second kappa shape index (κ2) is 8.15. The van der Waals surface area contributed by atoms with E-state index in [0.29, 0.717) is 28.8 Å². The number of nitrogens with one attached hydrogen (secondary N) is 2. The summed E-state index contributed by atoms with van der Waals surface area (Å²) in [5, 5.41) is 3.49. The summed E-state index contributed by atoms with van der Waals surface area (Å²) < 4.78 is 0. The van der Waals surface area contributed by atoms with Gasteiger partial charge in [0.1, 0.15) is 0 Å². The summed E-state index contributed by atoms with van der Waals surface area (Å²) in [7, 11) is 0. The maximum Gasteiger partial charge on any atom is 0.254 e. The molecule has 1 amide bonds. The SMILES string of the molecule is CSc1nc(C)c(CCC(=O)Nc2cccc(C(C)C)c2)c(=O)[nH]1. The summed E-state index contributed by atoms with van der Waals surface area (Å²) in [6.45, 7) is 6.02. The smallest absolute Gasteiger partial charge is 0.254 e. The number of thioether (sulfide) groups is 1. The summed E-state index contributed by atoms with van der Waals surface area (Å²) in [4.78, 5) is 31.3. The van der Waals surface area contributed by atoms with Crippen molar-refractivity contribution in [2.75, 3.05) is 11.6 Å². The Hall–Kier alpha value is -2.08. The fourth-order valence-corrected chi connectivity index (χ4v) is 2.84. The number of carbonyl (C=O) groups is 1. The standard InChI is InChI=1S/C18H23N3O2S/c1-11(2)13-6-5-7-14(10-13)20-16(22)9-8-15-12(3)19-18(24-4)21-17(15)23/h5-7,10-11H,8-9H2,1-4H3,(H,20,22)(H,19,21,23). The first-order chi connectivity index (χ1) is 11.4. The zero-order valence-electron chi connectivity index (χ0n) is 14.5. The minimum Gasteiger partial charge on any atom is -0.326 e. The van der Waals surface area contributed by atoms with Gasteiger partial charge in [0.15, 0.2) is 5.16 Å². The lowest BCUT2D eigenvalue weighted by Crippen LogP contribution is -2.20. The van der Waals surface area contributed by atoms with Crippen LogP contribution in [0.1, 0.15) is 43.0 Å². The summed E-state index contributed by atoms with van der Waals surface area (Å²) in [5.41, 5.74) is 3.04. The Morgan fingerprint density at radius 1 is 1.38 bits per heavy atom. The van der Waals surface area contributed by atoms with E-state index in [1.807, 2.05) is 30.5 Å². The lowest BCUT2D eigenvalue weighted by Gasteiger charge is -2.10. The van der Waals surface area contributed by atoms with Gasteiger partial charge in [-0.1, -0.05) is 37.7 Å². The molecule has 6 heteroatoms. The molecule has 0 unspecified atom stereocenters.